The molecular weight excluding hydrogens is 596 g/mol. The summed E-state index contributed by atoms with van der Waals surface area (Å²) in [4.78, 5) is 51.6. The molecule has 0 aromatic carbocycles. The van der Waals surface area contributed by atoms with Crippen LogP contribution < -0.4 is 16.0 Å². The van der Waals surface area contributed by atoms with Gasteiger partial charge in [0, 0.05) is 53.0 Å². The van der Waals surface area contributed by atoms with E-state index < -0.39 is 23.8 Å². The van der Waals surface area contributed by atoms with Crippen molar-refractivity contribution in [3.63, 3.8) is 0 Å². The van der Waals surface area contributed by atoms with Crippen molar-refractivity contribution < 1.29 is 34.1 Å². The lowest BCUT2D eigenvalue weighted by molar-refractivity contribution is -0.138. The molecule has 0 saturated carbocycles. The number of epoxide rings is 1. The minimum atomic E-state index is -0.956. The molecule has 2 fully saturated rings. The molecule has 4 aliphatic heterocycles. The van der Waals surface area contributed by atoms with Crippen molar-refractivity contribution in [2.75, 3.05) is 0 Å². The van der Waals surface area contributed by atoms with Crippen LogP contribution in [0.25, 0.3) is 12.2 Å². The van der Waals surface area contributed by atoms with E-state index in [1.54, 1.807) is 5.41 Å². The first-order chi connectivity index (χ1) is 21.3. The Hall–Kier alpha value is -4.29. The smallest absolute Gasteiger partial charge is 0.303 e. The lowest BCUT2D eigenvalue weighted by Gasteiger charge is -2.14. The highest BCUT2D eigenvalue weighted by Crippen LogP contribution is 2.50. The van der Waals surface area contributed by atoms with Crippen molar-refractivity contribution in [1.29, 1.82) is 0 Å². The van der Waals surface area contributed by atoms with Gasteiger partial charge in [-0.05, 0) is 79.0 Å². The third-order valence-electron chi connectivity index (χ3n) is 9.34. The number of aliphatic carboxylic acids is 2. The Morgan fingerprint density at radius 3 is 2.38 bits per heavy atom. The Kier molecular flexibility index (Phi) is 8.74. The molecule has 45 heavy (non-hydrogen) atoms. The highest BCUT2D eigenvalue weighted by molar-refractivity contribution is 7.83. The summed E-state index contributed by atoms with van der Waals surface area (Å²) in [6, 6.07) is -0.344. The van der Waals surface area contributed by atoms with Crippen LogP contribution in [0.1, 0.15) is 62.5 Å². The van der Waals surface area contributed by atoms with Gasteiger partial charge < -0.3 is 35.9 Å². The molecule has 12 heteroatoms. The van der Waals surface area contributed by atoms with Crippen molar-refractivity contribution in [3.05, 3.63) is 80.3 Å². The second-order valence-electron chi connectivity index (χ2n) is 11.9. The quantitative estimate of drug-likeness (QED) is 0.142. The number of amides is 2. The van der Waals surface area contributed by atoms with Crippen LogP contribution in [0.15, 0.2) is 57.8 Å². The summed E-state index contributed by atoms with van der Waals surface area (Å²) < 4.78 is 6.14. The fourth-order valence-corrected chi connectivity index (χ4v) is 6.83. The van der Waals surface area contributed by atoms with Crippen LogP contribution in [0.5, 0.6) is 0 Å². The zero-order valence-corrected chi connectivity index (χ0v) is 26.5. The number of carboxylic acid groups (broad SMARTS) is 2. The monoisotopic (exact) mass is 634 g/mol. The van der Waals surface area contributed by atoms with Crippen molar-refractivity contribution in [3.8, 4) is 0 Å². The van der Waals surface area contributed by atoms with Crippen LogP contribution in [0.4, 0.5) is 0 Å². The minimum absolute atomic E-state index is 0.0870. The standard InChI is InChI=1S/C33H38N4O7S/c1-6-19-18(5)33(37-32(19)43)30(44-33)29-16(3)21(8-10-28(40)41)25(35-29)14-24-20(7-9-27(38)39)15(2)23(34-24)13-26-22(11-12-45)17(4)31(42)36-26/h6,11-14,17,22,29-30,34-35,45H,1,7-10H2,2-5H3,(H,36,42)(H,37,43)(H,38,39)(H,40,41)/b12-11+,25-14-,26-13-/t17-,22-,29?,30-,33-/m1/s1. The number of hydrogen-bond donors (Lipinski definition) is 7. The number of H-pyrrole nitrogens is 1. The maximum absolute atomic E-state index is 12.5. The SMILES string of the molecule is C=CC1=C(C)[C@@]2(NC1=O)O[C@@H]2C1N/C(=C\c2[nH]c(/C=C3\NC(=O)[C@H](C)[C@H]3/C=C/S)c(C)c2CCC(=O)O)C(CCC(=O)O)=C1C. The Morgan fingerprint density at radius 2 is 1.76 bits per heavy atom. The van der Waals surface area contributed by atoms with E-state index in [0.29, 0.717) is 22.7 Å². The van der Waals surface area contributed by atoms with Crippen LogP contribution >= 0.6 is 12.6 Å². The van der Waals surface area contributed by atoms with Gasteiger partial charge in [0.2, 0.25) is 5.91 Å². The molecule has 1 aromatic heterocycles. The molecule has 11 nitrogen and oxygen atoms in total. The van der Waals surface area contributed by atoms with Gasteiger partial charge in [-0.15, -0.1) is 0 Å². The van der Waals surface area contributed by atoms with Crippen LogP contribution in [0.3, 0.4) is 0 Å². The number of aromatic amines is 1. The van der Waals surface area contributed by atoms with Gasteiger partial charge in [-0.25, -0.2) is 0 Å². The summed E-state index contributed by atoms with van der Waals surface area (Å²) >= 11 is 4.20. The highest BCUT2D eigenvalue weighted by Gasteiger charge is 2.66. The molecule has 0 radical (unpaired) electrons. The number of carbonyl (C=O) groups excluding carboxylic acids is 2. The van der Waals surface area contributed by atoms with Crippen molar-refractivity contribution in [2.24, 2.45) is 11.8 Å². The molecule has 5 rings (SSSR count). The third kappa shape index (κ3) is 5.80. The van der Waals surface area contributed by atoms with Crippen LogP contribution in [-0.2, 0) is 30.3 Å². The molecule has 2 amide bonds. The maximum Gasteiger partial charge on any atom is 0.303 e. The van der Waals surface area contributed by atoms with E-state index in [-0.39, 0.29) is 55.4 Å². The number of carboxylic acids is 2. The van der Waals surface area contributed by atoms with E-state index >= 15 is 0 Å². The van der Waals surface area contributed by atoms with Crippen molar-refractivity contribution in [1.82, 2.24) is 20.9 Å². The van der Waals surface area contributed by atoms with Gasteiger partial charge in [-0.2, -0.15) is 12.6 Å². The average molecular weight is 635 g/mol. The normalized spacial score (nSPS) is 29.4. The predicted molar refractivity (Wildman–Crippen MR) is 172 cm³/mol. The number of carbonyl (C=O) groups is 4. The predicted octanol–water partition coefficient (Wildman–Crippen LogP) is 3.73. The van der Waals surface area contributed by atoms with Gasteiger partial charge in [-0.1, -0.05) is 25.7 Å². The summed E-state index contributed by atoms with van der Waals surface area (Å²) in [5, 5.41) is 30.0. The molecule has 238 valence electrons. The first-order valence-corrected chi connectivity index (χ1v) is 15.3. The van der Waals surface area contributed by atoms with Gasteiger partial charge >= 0.3 is 11.9 Å². The van der Waals surface area contributed by atoms with Gasteiger partial charge in [0.15, 0.2) is 5.72 Å². The van der Waals surface area contributed by atoms with E-state index in [4.69, 9.17) is 4.74 Å². The molecular formula is C33H38N4O7S. The second-order valence-corrected chi connectivity index (χ2v) is 12.2. The van der Waals surface area contributed by atoms with E-state index in [9.17, 15) is 29.4 Å². The maximum atomic E-state index is 12.5. The summed E-state index contributed by atoms with van der Waals surface area (Å²) in [6.07, 6.45) is 7.04. The zero-order valence-electron chi connectivity index (χ0n) is 25.6. The molecule has 6 N–H and O–H groups in total. The highest BCUT2D eigenvalue weighted by atomic mass is 32.1. The van der Waals surface area contributed by atoms with Gasteiger partial charge in [-0.3, -0.25) is 19.2 Å². The van der Waals surface area contributed by atoms with Crippen molar-refractivity contribution >= 4 is 48.5 Å². The van der Waals surface area contributed by atoms with Crippen molar-refractivity contribution in [2.45, 2.75) is 71.2 Å². The molecule has 5 heterocycles. The molecule has 4 aliphatic rings. The second kappa shape index (κ2) is 12.2. The third-order valence-corrected chi connectivity index (χ3v) is 9.51. The number of allylic oxidation sites excluding steroid dienone is 2. The number of thiol groups is 1. The number of aromatic nitrogens is 1. The Morgan fingerprint density at radius 1 is 1.07 bits per heavy atom. The largest absolute Gasteiger partial charge is 0.481 e. The zero-order chi connectivity index (χ0) is 32.8. The number of hydrogen-bond acceptors (Lipinski definition) is 7. The fraction of sp³-hybridized carbons (Fsp3) is 0.394. The molecule has 0 bridgehead atoms. The molecule has 1 aromatic rings. The summed E-state index contributed by atoms with van der Waals surface area (Å²) in [6.45, 7) is 11.3. The lowest BCUT2D eigenvalue weighted by atomic mass is 9.94. The van der Waals surface area contributed by atoms with E-state index in [1.165, 1.54) is 6.08 Å². The molecule has 5 atom stereocenters. The number of ether oxygens (including phenoxy) is 1. The van der Waals surface area contributed by atoms with Crippen LogP contribution in [0, 0.1) is 18.8 Å². The topological polar surface area (TPSA) is 173 Å². The number of rotatable bonds is 11. The summed E-state index contributed by atoms with van der Waals surface area (Å²) in [5.41, 5.74) is 6.43. The summed E-state index contributed by atoms with van der Waals surface area (Å²) in [7, 11) is 0. The lowest BCUT2D eigenvalue weighted by Crippen LogP contribution is -2.41. The van der Waals surface area contributed by atoms with E-state index in [0.717, 1.165) is 33.5 Å². The number of nitrogens with one attached hydrogen (secondary N) is 4. The van der Waals surface area contributed by atoms with Gasteiger partial charge in [0.1, 0.15) is 6.10 Å². The minimum Gasteiger partial charge on any atom is -0.481 e. The molecule has 2 saturated heterocycles. The molecule has 1 unspecified atom stereocenters. The Bertz CT molecular complexity index is 1660. The van der Waals surface area contributed by atoms with Crippen LogP contribution in [0.2, 0.25) is 0 Å². The fourth-order valence-electron chi connectivity index (χ4n) is 6.64. The first kappa shape index (κ1) is 32.1. The van der Waals surface area contributed by atoms with E-state index in [1.807, 2.05) is 45.9 Å². The van der Waals surface area contributed by atoms with Crippen LogP contribution in [-0.4, -0.2) is 56.8 Å². The Labute approximate surface area is 266 Å². The Balaban J connectivity index is 1.54. The average Bonchev–Trinajstić information content (AvgIpc) is 3.24. The molecule has 0 aliphatic carbocycles. The molecule has 1 spiro atoms. The van der Waals surface area contributed by atoms with Gasteiger partial charge in [0.05, 0.1) is 6.04 Å². The summed E-state index contributed by atoms with van der Waals surface area (Å²) in [5.74, 6) is -2.67. The van der Waals surface area contributed by atoms with Gasteiger partial charge in [0.25, 0.3) is 5.91 Å². The first-order valence-electron chi connectivity index (χ1n) is 14.8. The van der Waals surface area contributed by atoms with E-state index in [2.05, 4.69) is 40.1 Å².